The summed E-state index contributed by atoms with van der Waals surface area (Å²) in [4.78, 5) is 12.5. The lowest BCUT2D eigenvalue weighted by Gasteiger charge is -2.29. The fourth-order valence-electron chi connectivity index (χ4n) is 2.50. The molecule has 0 aliphatic heterocycles. The van der Waals surface area contributed by atoms with E-state index < -0.39 is 5.54 Å². The number of rotatable bonds is 4. The molecule has 18 heavy (non-hydrogen) atoms. The maximum Gasteiger partial charge on any atom is 0.225 e. The van der Waals surface area contributed by atoms with E-state index in [-0.39, 0.29) is 5.91 Å². The molecule has 1 aliphatic rings. The molecule has 4 heteroatoms. The molecular weight excluding hydrogens is 244 g/mol. The van der Waals surface area contributed by atoms with Crippen LogP contribution in [0.1, 0.15) is 31.2 Å². The molecule has 1 fully saturated rings. The van der Waals surface area contributed by atoms with E-state index >= 15 is 0 Å². The molecule has 1 amide bonds. The summed E-state index contributed by atoms with van der Waals surface area (Å²) in [6.45, 7) is 0. The summed E-state index contributed by atoms with van der Waals surface area (Å²) in [5.41, 5.74) is 6.35. The molecule has 1 saturated carbocycles. The second kappa shape index (κ2) is 5.48. The van der Waals surface area contributed by atoms with Gasteiger partial charge in [-0.25, -0.2) is 0 Å². The summed E-state index contributed by atoms with van der Waals surface area (Å²) in [5, 5.41) is 3.04. The number of amides is 1. The number of hydrogen-bond acceptors (Lipinski definition) is 2. The van der Waals surface area contributed by atoms with Crippen LogP contribution in [0, 0.1) is 0 Å². The van der Waals surface area contributed by atoms with Gasteiger partial charge in [0.25, 0.3) is 0 Å². The van der Waals surface area contributed by atoms with Crippen molar-refractivity contribution in [2.45, 2.75) is 37.6 Å². The van der Waals surface area contributed by atoms with E-state index in [9.17, 15) is 4.79 Å². The molecule has 1 aliphatic carbocycles. The number of benzene rings is 1. The average Bonchev–Trinajstić information content (AvgIpc) is 2.80. The van der Waals surface area contributed by atoms with Gasteiger partial charge in [-0.05, 0) is 18.4 Å². The van der Waals surface area contributed by atoms with Crippen LogP contribution in [0.5, 0.6) is 0 Å². The van der Waals surface area contributed by atoms with E-state index in [1.165, 1.54) is 0 Å². The molecule has 3 nitrogen and oxygen atoms in total. The molecular formula is C14H18N2OS. The second-order valence-corrected chi connectivity index (χ2v) is 5.30. The Hall–Kier alpha value is -1.42. The largest absolute Gasteiger partial charge is 0.391 e. The normalized spacial score (nSPS) is 17.3. The number of nitrogens with two attached hydrogens (primary N) is 1. The van der Waals surface area contributed by atoms with Crippen molar-refractivity contribution >= 4 is 23.1 Å². The minimum absolute atomic E-state index is 0.00380. The predicted molar refractivity (Wildman–Crippen MR) is 76.3 cm³/mol. The number of thiocarbonyl (C=S) groups is 1. The van der Waals surface area contributed by atoms with Crippen molar-refractivity contribution in [1.29, 1.82) is 0 Å². The van der Waals surface area contributed by atoms with Gasteiger partial charge < -0.3 is 11.1 Å². The van der Waals surface area contributed by atoms with Crippen LogP contribution in [-0.4, -0.2) is 16.4 Å². The van der Waals surface area contributed by atoms with Crippen LogP contribution in [0.3, 0.4) is 0 Å². The molecule has 2 rings (SSSR count). The smallest absolute Gasteiger partial charge is 0.225 e. The lowest BCUT2D eigenvalue weighted by atomic mass is 9.97. The van der Waals surface area contributed by atoms with Gasteiger partial charge in [0.05, 0.1) is 16.9 Å². The van der Waals surface area contributed by atoms with Crippen LogP contribution in [0.15, 0.2) is 30.3 Å². The number of carbonyl (C=O) groups is 1. The van der Waals surface area contributed by atoms with Crippen molar-refractivity contribution < 1.29 is 4.79 Å². The first-order valence-corrected chi connectivity index (χ1v) is 6.68. The maximum absolute atomic E-state index is 12.1. The van der Waals surface area contributed by atoms with Crippen LogP contribution in [0.2, 0.25) is 0 Å². The summed E-state index contributed by atoms with van der Waals surface area (Å²) in [6, 6.07) is 9.70. The third kappa shape index (κ3) is 2.88. The van der Waals surface area contributed by atoms with Crippen LogP contribution in [-0.2, 0) is 11.2 Å². The van der Waals surface area contributed by atoms with E-state index in [2.05, 4.69) is 5.32 Å². The van der Waals surface area contributed by atoms with Crippen molar-refractivity contribution in [3.05, 3.63) is 35.9 Å². The fourth-order valence-corrected chi connectivity index (χ4v) is 2.76. The minimum atomic E-state index is -0.443. The Labute approximate surface area is 113 Å². The van der Waals surface area contributed by atoms with Gasteiger partial charge in [-0.2, -0.15) is 0 Å². The molecule has 0 unspecified atom stereocenters. The fraction of sp³-hybridized carbons (Fsp3) is 0.429. The van der Waals surface area contributed by atoms with Crippen molar-refractivity contribution in [2.24, 2.45) is 5.73 Å². The first-order valence-electron chi connectivity index (χ1n) is 6.27. The second-order valence-electron chi connectivity index (χ2n) is 4.86. The monoisotopic (exact) mass is 262 g/mol. The summed E-state index contributed by atoms with van der Waals surface area (Å²) >= 11 is 5.11. The number of hydrogen-bond donors (Lipinski definition) is 2. The summed E-state index contributed by atoms with van der Waals surface area (Å²) < 4.78 is 0. The molecule has 0 spiro atoms. The summed E-state index contributed by atoms with van der Waals surface area (Å²) in [5.74, 6) is -0.00380. The lowest BCUT2D eigenvalue weighted by molar-refractivity contribution is -0.121. The molecule has 0 radical (unpaired) electrons. The quantitative estimate of drug-likeness (QED) is 0.815. The van der Waals surface area contributed by atoms with Gasteiger partial charge in [-0.3, -0.25) is 4.79 Å². The maximum atomic E-state index is 12.1. The van der Waals surface area contributed by atoms with E-state index in [4.69, 9.17) is 18.0 Å². The van der Waals surface area contributed by atoms with Gasteiger partial charge in [0, 0.05) is 0 Å². The van der Waals surface area contributed by atoms with Gasteiger partial charge in [0.2, 0.25) is 5.91 Å². The van der Waals surface area contributed by atoms with E-state index in [1.54, 1.807) is 0 Å². The molecule has 1 aromatic rings. The Bertz CT molecular complexity index is 438. The Morgan fingerprint density at radius 1 is 1.28 bits per heavy atom. The topological polar surface area (TPSA) is 55.1 Å². The third-order valence-electron chi connectivity index (χ3n) is 3.51. The molecule has 0 bridgehead atoms. The Kier molecular flexibility index (Phi) is 3.97. The highest BCUT2D eigenvalue weighted by Crippen LogP contribution is 2.30. The lowest BCUT2D eigenvalue weighted by Crippen LogP contribution is -2.55. The Morgan fingerprint density at radius 3 is 2.44 bits per heavy atom. The van der Waals surface area contributed by atoms with E-state index in [0.717, 1.165) is 31.2 Å². The average molecular weight is 262 g/mol. The van der Waals surface area contributed by atoms with Gasteiger partial charge >= 0.3 is 0 Å². The first kappa shape index (κ1) is 13.0. The SMILES string of the molecule is NC(=S)C1(NC(=O)Cc2ccccc2)CCCC1. The van der Waals surface area contributed by atoms with Crippen LogP contribution in [0.4, 0.5) is 0 Å². The van der Waals surface area contributed by atoms with Crippen molar-refractivity contribution in [1.82, 2.24) is 5.32 Å². The van der Waals surface area contributed by atoms with Crippen LogP contribution in [0.25, 0.3) is 0 Å². The van der Waals surface area contributed by atoms with E-state index in [0.29, 0.717) is 11.4 Å². The predicted octanol–water partition coefficient (Wildman–Crippen LogP) is 1.94. The molecule has 0 aromatic heterocycles. The minimum Gasteiger partial charge on any atom is -0.391 e. The van der Waals surface area contributed by atoms with Crippen molar-refractivity contribution in [2.75, 3.05) is 0 Å². The summed E-state index contributed by atoms with van der Waals surface area (Å²) in [7, 11) is 0. The van der Waals surface area contributed by atoms with Crippen molar-refractivity contribution in [3.8, 4) is 0 Å². The zero-order valence-corrected chi connectivity index (χ0v) is 11.1. The highest BCUT2D eigenvalue weighted by molar-refractivity contribution is 7.80. The molecule has 0 heterocycles. The number of nitrogens with one attached hydrogen (secondary N) is 1. The van der Waals surface area contributed by atoms with Gasteiger partial charge in [0.1, 0.15) is 0 Å². The Morgan fingerprint density at radius 2 is 1.89 bits per heavy atom. The zero-order valence-electron chi connectivity index (χ0n) is 10.3. The van der Waals surface area contributed by atoms with E-state index in [1.807, 2.05) is 30.3 Å². The van der Waals surface area contributed by atoms with Crippen LogP contribution >= 0.6 is 12.2 Å². The molecule has 96 valence electrons. The highest BCUT2D eigenvalue weighted by atomic mass is 32.1. The van der Waals surface area contributed by atoms with Gasteiger partial charge in [-0.15, -0.1) is 0 Å². The highest BCUT2D eigenvalue weighted by Gasteiger charge is 2.37. The molecule has 0 atom stereocenters. The Balaban J connectivity index is 2.00. The third-order valence-corrected chi connectivity index (χ3v) is 3.91. The molecule has 1 aromatic carbocycles. The van der Waals surface area contributed by atoms with Gasteiger partial charge in [0.15, 0.2) is 0 Å². The summed E-state index contributed by atoms with van der Waals surface area (Å²) in [6.07, 6.45) is 4.25. The molecule has 3 N–H and O–H groups in total. The van der Waals surface area contributed by atoms with Crippen molar-refractivity contribution in [3.63, 3.8) is 0 Å². The van der Waals surface area contributed by atoms with Gasteiger partial charge in [-0.1, -0.05) is 55.4 Å². The standard InChI is InChI=1S/C14H18N2OS/c15-13(18)14(8-4-5-9-14)16-12(17)10-11-6-2-1-3-7-11/h1-3,6-7H,4-5,8-10H2,(H2,15,18)(H,16,17). The number of carbonyl (C=O) groups excluding carboxylic acids is 1. The van der Waals surface area contributed by atoms with Crippen LogP contribution < -0.4 is 11.1 Å². The first-order chi connectivity index (χ1) is 8.62. The zero-order chi connectivity index (χ0) is 13.0. The molecule has 0 saturated heterocycles.